The molecule has 0 saturated carbocycles. The molecular formula is C19H24N4. The highest BCUT2D eigenvalue weighted by molar-refractivity contribution is 5.58. The van der Waals surface area contributed by atoms with Crippen molar-refractivity contribution in [1.82, 2.24) is 20.2 Å². The van der Waals surface area contributed by atoms with E-state index in [2.05, 4.69) is 65.2 Å². The van der Waals surface area contributed by atoms with Gasteiger partial charge in [-0.2, -0.15) is 5.10 Å². The first-order valence-electron chi connectivity index (χ1n) is 8.32. The molecule has 0 spiro atoms. The lowest BCUT2D eigenvalue weighted by atomic mass is 9.99. The molecule has 0 atom stereocenters. The van der Waals surface area contributed by atoms with E-state index in [0.29, 0.717) is 5.92 Å². The van der Waals surface area contributed by atoms with Gasteiger partial charge in [-0.15, -0.1) is 0 Å². The fourth-order valence-corrected chi connectivity index (χ4v) is 2.77. The quantitative estimate of drug-likeness (QED) is 0.706. The van der Waals surface area contributed by atoms with Crippen LogP contribution in [0.25, 0.3) is 11.4 Å². The van der Waals surface area contributed by atoms with Crippen molar-refractivity contribution >= 4 is 0 Å². The molecule has 0 saturated heterocycles. The molecule has 0 bridgehead atoms. The van der Waals surface area contributed by atoms with E-state index in [9.17, 15) is 0 Å². The van der Waals surface area contributed by atoms with Gasteiger partial charge in [0.2, 0.25) is 0 Å². The molecule has 120 valence electrons. The van der Waals surface area contributed by atoms with Gasteiger partial charge < -0.3 is 4.98 Å². The number of nitrogens with one attached hydrogen (secondary N) is 2. The zero-order valence-electron chi connectivity index (χ0n) is 14.1. The maximum absolute atomic E-state index is 4.50. The summed E-state index contributed by atoms with van der Waals surface area (Å²) in [5, 5.41) is 7.33. The van der Waals surface area contributed by atoms with E-state index in [1.165, 1.54) is 16.8 Å². The van der Waals surface area contributed by atoms with Crippen LogP contribution in [0.15, 0.2) is 36.7 Å². The summed E-state index contributed by atoms with van der Waals surface area (Å²) >= 11 is 0. The van der Waals surface area contributed by atoms with Crippen molar-refractivity contribution in [2.24, 2.45) is 0 Å². The number of hydrogen-bond donors (Lipinski definition) is 2. The first-order valence-corrected chi connectivity index (χ1v) is 8.32. The molecule has 0 unspecified atom stereocenters. The zero-order chi connectivity index (χ0) is 16.2. The summed E-state index contributed by atoms with van der Waals surface area (Å²) in [6.45, 7) is 6.60. The summed E-state index contributed by atoms with van der Waals surface area (Å²) in [5.74, 6) is 1.46. The van der Waals surface area contributed by atoms with Crippen LogP contribution in [0.2, 0.25) is 0 Å². The Kier molecular flexibility index (Phi) is 4.60. The maximum atomic E-state index is 4.50. The van der Waals surface area contributed by atoms with Crippen LogP contribution in [0.3, 0.4) is 0 Å². The number of imidazole rings is 1. The number of H-pyrrole nitrogens is 2. The predicted octanol–water partition coefficient (Wildman–Crippen LogP) is 4.47. The standard InChI is InChI=1S/C19H24N4/c1-4-5-16-11-20-19(22-16)17-12-21-23-18(17)10-14-6-8-15(9-7-14)13(2)3/h6-9,11-13H,4-5,10H2,1-3H3,(H,20,22)(H,21,23). The zero-order valence-corrected chi connectivity index (χ0v) is 14.1. The molecule has 1 aromatic carbocycles. The van der Waals surface area contributed by atoms with E-state index in [1.807, 2.05) is 12.4 Å². The van der Waals surface area contributed by atoms with E-state index in [-0.39, 0.29) is 0 Å². The van der Waals surface area contributed by atoms with Crippen molar-refractivity contribution in [3.05, 3.63) is 59.2 Å². The Morgan fingerprint density at radius 3 is 2.57 bits per heavy atom. The van der Waals surface area contributed by atoms with Gasteiger partial charge in [0.05, 0.1) is 17.5 Å². The Morgan fingerprint density at radius 1 is 1.09 bits per heavy atom. The number of rotatable bonds is 6. The molecule has 0 amide bonds. The van der Waals surface area contributed by atoms with Crippen LogP contribution in [0.4, 0.5) is 0 Å². The van der Waals surface area contributed by atoms with Crippen molar-refractivity contribution in [1.29, 1.82) is 0 Å². The third kappa shape index (κ3) is 3.52. The van der Waals surface area contributed by atoms with E-state index >= 15 is 0 Å². The Balaban J connectivity index is 1.80. The first-order chi connectivity index (χ1) is 11.2. The number of nitrogens with zero attached hydrogens (tertiary/aromatic N) is 2. The Labute approximate surface area is 137 Å². The molecule has 3 rings (SSSR count). The van der Waals surface area contributed by atoms with Crippen molar-refractivity contribution < 1.29 is 0 Å². The Morgan fingerprint density at radius 2 is 1.87 bits per heavy atom. The minimum atomic E-state index is 0.562. The molecule has 0 fully saturated rings. The second-order valence-corrected chi connectivity index (χ2v) is 6.34. The molecule has 2 N–H and O–H groups in total. The van der Waals surface area contributed by atoms with Gasteiger partial charge in [0.15, 0.2) is 0 Å². The van der Waals surface area contributed by atoms with Crippen LogP contribution in [-0.2, 0) is 12.8 Å². The fraction of sp³-hybridized carbons (Fsp3) is 0.368. The fourth-order valence-electron chi connectivity index (χ4n) is 2.77. The molecule has 2 heterocycles. The summed E-state index contributed by atoms with van der Waals surface area (Å²) in [7, 11) is 0. The van der Waals surface area contributed by atoms with E-state index in [1.54, 1.807) is 0 Å². The molecule has 4 heteroatoms. The molecule has 0 aliphatic rings. The Hall–Kier alpha value is -2.36. The van der Waals surface area contributed by atoms with Gasteiger partial charge in [0, 0.05) is 18.3 Å². The first kappa shape index (κ1) is 15.5. The summed E-state index contributed by atoms with van der Waals surface area (Å²) in [5.41, 5.74) is 5.98. The lowest BCUT2D eigenvalue weighted by molar-refractivity contribution is 0.865. The van der Waals surface area contributed by atoms with Gasteiger partial charge in [0.25, 0.3) is 0 Å². The summed E-state index contributed by atoms with van der Waals surface area (Å²) in [6.07, 6.45) is 6.75. The SMILES string of the molecule is CCCc1cnc(-c2cn[nH]c2Cc2ccc(C(C)C)cc2)[nH]1. The monoisotopic (exact) mass is 308 g/mol. The van der Waals surface area contributed by atoms with Crippen LogP contribution in [0.1, 0.15) is 55.6 Å². The van der Waals surface area contributed by atoms with Gasteiger partial charge in [-0.25, -0.2) is 4.98 Å². The van der Waals surface area contributed by atoms with E-state index in [4.69, 9.17) is 0 Å². The molecule has 23 heavy (non-hydrogen) atoms. The topological polar surface area (TPSA) is 57.4 Å². The summed E-state index contributed by atoms with van der Waals surface area (Å²) in [6, 6.07) is 8.82. The number of hydrogen-bond acceptors (Lipinski definition) is 2. The van der Waals surface area contributed by atoms with Crippen molar-refractivity contribution in [2.75, 3.05) is 0 Å². The van der Waals surface area contributed by atoms with Crippen molar-refractivity contribution in [2.45, 2.75) is 46.0 Å². The maximum Gasteiger partial charge on any atom is 0.140 e. The van der Waals surface area contributed by atoms with E-state index in [0.717, 1.165) is 36.3 Å². The van der Waals surface area contributed by atoms with Crippen molar-refractivity contribution in [3.8, 4) is 11.4 Å². The highest BCUT2D eigenvalue weighted by Gasteiger charge is 2.12. The number of aromatic amines is 2. The number of aryl methyl sites for hydroxylation is 1. The smallest absolute Gasteiger partial charge is 0.140 e. The lowest BCUT2D eigenvalue weighted by Gasteiger charge is -2.07. The second kappa shape index (κ2) is 6.82. The molecular weight excluding hydrogens is 284 g/mol. The average Bonchev–Trinajstić information content (AvgIpc) is 3.17. The minimum Gasteiger partial charge on any atom is -0.342 e. The second-order valence-electron chi connectivity index (χ2n) is 6.34. The van der Waals surface area contributed by atoms with Crippen LogP contribution < -0.4 is 0 Å². The van der Waals surface area contributed by atoms with Gasteiger partial charge >= 0.3 is 0 Å². The van der Waals surface area contributed by atoms with Crippen LogP contribution >= 0.6 is 0 Å². The third-order valence-corrected chi connectivity index (χ3v) is 4.15. The third-order valence-electron chi connectivity index (χ3n) is 4.15. The van der Waals surface area contributed by atoms with Gasteiger partial charge in [0.1, 0.15) is 5.82 Å². The average molecular weight is 308 g/mol. The van der Waals surface area contributed by atoms with Gasteiger partial charge in [-0.1, -0.05) is 51.5 Å². The Bertz CT molecular complexity index is 750. The van der Waals surface area contributed by atoms with Gasteiger partial charge in [-0.3, -0.25) is 5.10 Å². The highest BCUT2D eigenvalue weighted by Crippen LogP contribution is 2.22. The summed E-state index contributed by atoms with van der Waals surface area (Å²) < 4.78 is 0. The normalized spacial score (nSPS) is 11.3. The van der Waals surface area contributed by atoms with E-state index < -0.39 is 0 Å². The molecule has 2 aromatic heterocycles. The van der Waals surface area contributed by atoms with Crippen LogP contribution in [-0.4, -0.2) is 20.2 Å². The predicted molar refractivity (Wildman–Crippen MR) is 93.5 cm³/mol. The lowest BCUT2D eigenvalue weighted by Crippen LogP contribution is -1.94. The highest BCUT2D eigenvalue weighted by atomic mass is 15.1. The van der Waals surface area contributed by atoms with Crippen molar-refractivity contribution in [3.63, 3.8) is 0 Å². The summed E-state index contributed by atoms with van der Waals surface area (Å²) in [4.78, 5) is 7.90. The minimum absolute atomic E-state index is 0.562. The molecule has 3 aromatic rings. The number of benzene rings is 1. The number of aromatic nitrogens is 4. The van der Waals surface area contributed by atoms with Crippen LogP contribution in [0, 0.1) is 0 Å². The molecule has 4 nitrogen and oxygen atoms in total. The molecule has 0 radical (unpaired) electrons. The molecule has 0 aliphatic heterocycles. The largest absolute Gasteiger partial charge is 0.342 e. The van der Waals surface area contributed by atoms with Gasteiger partial charge in [-0.05, 0) is 23.5 Å². The van der Waals surface area contributed by atoms with Crippen LogP contribution in [0.5, 0.6) is 0 Å². The molecule has 0 aliphatic carbocycles.